The second-order valence-corrected chi connectivity index (χ2v) is 9.66. The Morgan fingerprint density at radius 3 is 2.23 bits per heavy atom. The van der Waals surface area contributed by atoms with Gasteiger partial charge in [-0.05, 0) is 73.4 Å². The second-order valence-electron chi connectivity index (χ2n) is 7.72. The molecule has 10 heteroatoms. The van der Waals surface area contributed by atoms with Crippen molar-refractivity contribution in [2.75, 3.05) is 25.5 Å². The molecule has 0 unspecified atom stereocenters. The molecular formula is C21H24N4O4S2. The molecule has 0 spiro atoms. The lowest BCUT2D eigenvalue weighted by atomic mass is 9.94. The van der Waals surface area contributed by atoms with Crippen molar-refractivity contribution < 1.29 is 17.9 Å². The molecule has 1 saturated carbocycles. The third-order valence-electron chi connectivity index (χ3n) is 5.74. The zero-order valence-corrected chi connectivity index (χ0v) is 18.7. The smallest absolute Gasteiger partial charge is 0.251 e. The largest absolute Gasteiger partial charge is 0.497 e. The van der Waals surface area contributed by atoms with Crippen molar-refractivity contribution in [1.82, 2.24) is 10.0 Å². The first-order chi connectivity index (χ1) is 14.7. The molecule has 1 aliphatic heterocycles. The van der Waals surface area contributed by atoms with Crippen LogP contribution in [0.1, 0.15) is 24.8 Å². The SMILES string of the molecule is COc1ccc(C2(C(=O)N3CCCN3C(=S)Nc3ccc(S(N)(=O)=O)cc3)CC2)cc1. The molecule has 0 bridgehead atoms. The Hall–Kier alpha value is -2.69. The summed E-state index contributed by atoms with van der Waals surface area (Å²) in [5, 5.41) is 12.1. The van der Waals surface area contributed by atoms with Crippen LogP contribution in [0.3, 0.4) is 0 Å². The van der Waals surface area contributed by atoms with Crippen LogP contribution >= 0.6 is 12.2 Å². The van der Waals surface area contributed by atoms with E-state index in [1.165, 1.54) is 12.1 Å². The summed E-state index contributed by atoms with van der Waals surface area (Å²) < 4.78 is 28.1. The highest BCUT2D eigenvalue weighted by atomic mass is 32.2. The van der Waals surface area contributed by atoms with Crippen LogP contribution < -0.4 is 15.2 Å². The summed E-state index contributed by atoms with van der Waals surface area (Å²) in [7, 11) is -2.14. The van der Waals surface area contributed by atoms with Gasteiger partial charge in [0.1, 0.15) is 5.75 Å². The minimum absolute atomic E-state index is 0.0251. The van der Waals surface area contributed by atoms with E-state index in [1.807, 2.05) is 24.3 Å². The van der Waals surface area contributed by atoms with Crippen LogP contribution in [0.15, 0.2) is 53.4 Å². The van der Waals surface area contributed by atoms with E-state index in [9.17, 15) is 13.2 Å². The molecule has 1 heterocycles. The summed E-state index contributed by atoms with van der Waals surface area (Å²) in [6.07, 6.45) is 2.42. The van der Waals surface area contributed by atoms with Crippen molar-refractivity contribution in [3.63, 3.8) is 0 Å². The minimum Gasteiger partial charge on any atom is -0.497 e. The molecular weight excluding hydrogens is 436 g/mol. The summed E-state index contributed by atoms with van der Waals surface area (Å²) in [6, 6.07) is 13.7. The van der Waals surface area contributed by atoms with Crippen LogP contribution in [0, 0.1) is 0 Å². The number of benzene rings is 2. The first-order valence-corrected chi connectivity index (χ1v) is 11.9. The predicted octanol–water partition coefficient (Wildman–Crippen LogP) is 2.22. The number of methoxy groups -OCH3 is 1. The van der Waals surface area contributed by atoms with Crippen molar-refractivity contribution in [2.24, 2.45) is 5.14 Å². The van der Waals surface area contributed by atoms with Crippen LogP contribution in [-0.4, -0.2) is 49.7 Å². The fraction of sp³-hybridized carbons (Fsp3) is 0.333. The lowest BCUT2D eigenvalue weighted by molar-refractivity contribution is -0.141. The highest BCUT2D eigenvalue weighted by Crippen LogP contribution is 2.50. The Labute approximate surface area is 187 Å². The van der Waals surface area contributed by atoms with Gasteiger partial charge in [-0.3, -0.25) is 14.8 Å². The van der Waals surface area contributed by atoms with E-state index in [0.29, 0.717) is 23.9 Å². The van der Waals surface area contributed by atoms with E-state index in [0.717, 1.165) is 30.6 Å². The van der Waals surface area contributed by atoms with Gasteiger partial charge < -0.3 is 10.1 Å². The molecule has 0 radical (unpaired) electrons. The summed E-state index contributed by atoms with van der Waals surface area (Å²) in [5.41, 5.74) is 1.09. The van der Waals surface area contributed by atoms with Crippen molar-refractivity contribution in [3.05, 3.63) is 54.1 Å². The highest BCUT2D eigenvalue weighted by molar-refractivity contribution is 7.89. The number of hydrogen-bond donors (Lipinski definition) is 2. The van der Waals surface area contributed by atoms with Gasteiger partial charge in [0.25, 0.3) is 5.91 Å². The average Bonchev–Trinajstić information content (AvgIpc) is 3.42. The third-order valence-corrected chi connectivity index (χ3v) is 6.98. The number of primary sulfonamides is 1. The van der Waals surface area contributed by atoms with Gasteiger partial charge in [0.05, 0.1) is 17.4 Å². The number of carbonyl (C=O) groups is 1. The molecule has 2 aromatic rings. The average molecular weight is 461 g/mol. The summed E-state index contributed by atoms with van der Waals surface area (Å²) in [4.78, 5) is 13.5. The Morgan fingerprint density at radius 1 is 1.06 bits per heavy atom. The summed E-state index contributed by atoms with van der Waals surface area (Å²) in [5.74, 6) is 0.803. The molecule has 1 amide bonds. The van der Waals surface area contributed by atoms with Gasteiger partial charge in [0.15, 0.2) is 5.11 Å². The zero-order valence-electron chi connectivity index (χ0n) is 17.1. The Balaban J connectivity index is 1.48. The standard InChI is InChI=1S/C21H24N4O4S2/c1-29-17-7-3-15(4-8-17)21(11-12-21)19(26)24-13-2-14-25(24)20(30)23-16-5-9-18(10-6-16)31(22,27)28/h3-10H,2,11-14H2,1H3,(H,23,30)(H2,22,27,28). The fourth-order valence-corrected chi connectivity index (χ4v) is 4.68. The van der Waals surface area contributed by atoms with Crippen molar-refractivity contribution in [3.8, 4) is 5.75 Å². The van der Waals surface area contributed by atoms with Gasteiger partial charge in [0, 0.05) is 18.8 Å². The molecule has 2 fully saturated rings. The molecule has 4 rings (SSSR count). The number of hydrazine groups is 1. The number of thiocarbonyl (C=S) groups is 1. The summed E-state index contributed by atoms with van der Waals surface area (Å²) >= 11 is 5.55. The molecule has 31 heavy (non-hydrogen) atoms. The predicted molar refractivity (Wildman–Crippen MR) is 121 cm³/mol. The second kappa shape index (κ2) is 8.10. The molecule has 8 nitrogen and oxygen atoms in total. The first-order valence-electron chi connectivity index (χ1n) is 9.92. The van der Waals surface area contributed by atoms with Crippen LogP contribution in [0.4, 0.5) is 5.69 Å². The van der Waals surface area contributed by atoms with Gasteiger partial charge in [-0.25, -0.2) is 13.6 Å². The number of nitrogens with one attached hydrogen (secondary N) is 1. The number of hydrogen-bond acceptors (Lipinski definition) is 5. The van der Waals surface area contributed by atoms with Gasteiger partial charge >= 0.3 is 0 Å². The van der Waals surface area contributed by atoms with Crippen LogP contribution in [-0.2, 0) is 20.2 Å². The van der Waals surface area contributed by atoms with Crippen LogP contribution in [0.2, 0.25) is 0 Å². The molecule has 2 aliphatic rings. The van der Waals surface area contributed by atoms with E-state index in [4.69, 9.17) is 22.1 Å². The monoisotopic (exact) mass is 460 g/mol. The van der Waals surface area contributed by atoms with E-state index < -0.39 is 15.4 Å². The van der Waals surface area contributed by atoms with E-state index >= 15 is 0 Å². The quantitative estimate of drug-likeness (QED) is 0.659. The fourth-order valence-electron chi connectivity index (χ4n) is 3.86. The van der Waals surface area contributed by atoms with Crippen molar-refractivity contribution in [1.29, 1.82) is 0 Å². The number of amides is 1. The van der Waals surface area contributed by atoms with Crippen LogP contribution in [0.5, 0.6) is 5.75 Å². The lowest BCUT2D eigenvalue weighted by Crippen LogP contribution is -2.50. The molecule has 0 atom stereocenters. The lowest BCUT2D eigenvalue weighted by Gasteiger charge is -2.33. The maximum absolute atomic E-state index is 13.5. The Morgan fingerprint density at radius 2 is 1.68 bits per heavy atom. The number of nitrogens with zero attached hydrogens (tertiary/aromatic N) is 2. The van der Waals surface area contributed by atoms with Crippen molar-refractivity contribution >= 4 is 38.9 Å². The number of sulfonamides is 1. The number of ether oxygens (including phenoxy) is 1. The minimum atomic E-state index is -3.76. The Bertz CT molecular complexity index is 1100. The molecule has 164 valence electrons. The zero-order chi connectivity index (χ0) is 22.2. The maximum Gasteiger partial charge on any atom is 0.251 e. The molecule has 0 aromatic heterocycles. The van der Waals surface area contributed by atoms with E-state index in [1.54, 1.807) is 29.3 Å². The molecule has 1 aliphatic carbocycles. The van der Waals surface area contributed by atoms with Crippen LogP contribution in [0.25, 0.3) is 0 Å². The summed E-state index contributed by atoms with van der Waals surface area (Å²) in [6.45, 7) is 1.23. The number of carbonyl (C=O) groups excluding carboxylic acids is 1. The first kappa shape index (κ1) is 21.5. The van der Waals surface area contributed by atoms with E-state index in [-0.39, 0.29) is 10.8 Å². The van der Waals surface area contributed by atoms with E-state index in [2.05, 4.69) is 5.32 Å². The number of rotatable bonds is 5. The molecule has 3 N–H and O–H groups in total. The van der Waals surface area contributed by atoms with Crippen molar-refractivity contribution in [2.45, 2.75) is 29.6 Å². The normalized spacial score (nSPS) is 17.4. The maximum atomic E-state index is 13.5. The Kier molecular flexibility index (Phi) is 5.63. The number of nitrogens with two attached hydrogens (primary N) is 1. The van der Waals surface area contributed by atoms with Gasteiger partial charge in [-0.2, -0.15) is 0 Å². The number of anilines is 1. The third kappa shape index (κ3) is 4.23. The molecule has 2 aromatic carbocycles. The van der Waals surface area contributed by atoms with Gasteiger partial charge in [-0.15, -0.1) is 0 Å². The highest BCUT2D eigenvalue weighted by Gasteiger charge is 2.54. The van der Waals surface area contributed by atoms with Gasteiger partial charge in [0.2, 0.25) is 10.0 Å². The topological polar surface area (TPSA) is 105 Å². The van der Waals surface area contributed by atoms with Gasteiger partial charge in [-0.1, -0.05) is 12.1 Å². The molecule has 1 saturated heterocycles.